The lowest BCUT2D eigenvalue weighted by atomic mass is 10.1. The lowest BCUT2D eigenvalue weighted by Crippen LogP contribution is -2.48. The number of nitrogens with zero attached hydrogens (tertiary/aromatic N) is 6. The molecule has 0 bridgehead atoms. The molecular formula is C83H107N19O22S4. The van der Waals surface area contributed by atoms with Crippen LogP contribution in [0.4, 0.5) is 11.9 Å². The van der Waals surface area contributed by atoms with Crippen molar-refractivity contribution in [1.82, 2.24) is 79.7 Å². The number of carboxylic acid groups (broad SMARTS) is 2. The number of aromatic amines is 2. The lowest BCUT2D eigenvalue weighted by Gasteiger charge is -2.16. The number of sulfonamides is 4. The number of carbonyl (C=O) groups excluding carboxylic acids is 4. The molecule has 45 heteroatoms. The fraction of sp³-hybridized carbons (Fsp3) is 0.398. The third kappa shape index (κ3) is 31.7. The lowest BCUT2D eigenvalue weighted by molar-refractivity contribution is -0.139. The number of fused-ring (bicyclic) bond motifs is 2. The van der Waals surface area contributed by atoms with Gasteiger partial charge in [0.1, 0.15) is 12.1 Å². The molecule has 0 fully saturated rings. The first-order valence-electron chi connectivity index (χ1n) is 41.3. The van der Waals surface area contributed by atoms with Crippen LogP contribution in [0.15, 0.2) is 190 Å². The third-order valence-electron chi connectivity index (χ3n) is 19.5. The number of anilines is 2. The normalized spacial score (nSPS) is 12.7. The van der Waals surface area contributed by atoms with Crippen molar-refractivity contribution in [3.63, 3.8) is 0 Å². The molecule has 690 valence electrons. The number of H-pyrrole nitrogens is 2. The Morgan fingerprint density at radius 2 is 0.750 bits per heavy atom. The molecule has 128 heavy (non-hydrogen) atoms. The topological polar surface area (TPSA) is 574 Å². The van der Waals surface area contributed by atoms with Gasteiger partial charge in [0.2, 0.25) is 51.9 Å². The van der Waals surface area contributed by atoms with Crippen LogP contribution in [0.5, 0.6) is 0 Å². The maximum atomic E-state index is 13.3. The summed E-state index contributed by atoms with van der Waals surface area (Å²) in [6, 6.07) is 28.6. The number of aromatic nitrogens is 8. The van der Waals surface area contributed by atoms with Gasteiger partial charge in [-0.2, -0.15) is 19.6 Å². The van der Waals surface area contributed by atoms with E-state index in [2.05, 4.69) is 80.9 Å². The van der Waals surface area contributed by atoms with Crippen LogP contribution < -0.4 is 56.5 Å². The van der Waals surface area contributed by atoms with Gasteiger partial charge in [-0.25, -0.2) is 53.1 Å². The zero-order valence-electron chi connectivity index (χ0n) is 70.1. The predicted octanol–water partition coefficient (Wildman–Crippen LogP) is 3.75. The molecule has 3 atom stereocenters. The number of benzene rings is 6. The van der Waals surface area contributed by atoms with Gasteiger partial charge in [-0.1, -0.05) is 48.5 Å². The minimum Gasteiger partial charge on any atom is -0.480 e. The molecule has 6 aromatic carbocycles. The Balaban J connectivity index is 0.473. The summed E-state index contributed by atoms with van der Waals surface area (Å²) < 4.78 is 152. The Morgan fingerprint density at radius 3 is 1.10 bits per heavy atom. The minimum atomic E-state index is -4.39. The molecule has 0 aliphatic heterocycles. The van der Waals surface area contributed by atoms with Crippen LogP contribution in [0, 0.1) is 0 Å². The molecule has 0 aliphatic rings. The number of amides is 4. The van der Waals surface area contributed by atoms with Crippen molar-refractivity contribution in [1.29, 1.82) is 0 Å². The quantitative estimate of drug-likeness (QED) is 0.0241. The summed E-state index contributed by atoms with van der Waals surface area (Å²) in [5.74, 6) is -3.54. The summed E-state index contributed by atoms with van der Waals surface area (Å²) in [4.78, 5) is 89.2. The van der Waals surface area contributed by atoms with Crippen LogP contribution in [0.1, 0.15) is 72.1 Å². The SMILES string of the molecule is NC(CCC(=O)NCCCOCCOCCOCCCNS(=O)(=O)c1ccc(-c2ccc(S(=O)(=O)NC(CNC(=O)c3ccc4c(cnn4CCCNc4ncc[nH]4)c3)C(=O)O)cc2)cc1)C(=O)NCCCOCCOCCOCCCNS(=O)(=O)c1ccc(-c2ccc(S(=O)(=O)NC(CNC(=O)c3ccc4c(cnn4CCCNc4ncc[nH]4)c3)C(=O)O)cc2)cc1. The number of rotatable bonds is 62. The first-order chi connectivity index (χ1) is 61.7. The van der Waals surface area contributed by atoms with Gasteiger partial charge in [-0.05, 0) is 152 Å². The average Bonchev–Trinajstić information content (AvgIpc) is 1.66. The summed E-state index contributed by atoms with van der Waals surface area (Å²) in [6.45, 7) is 5.87. The smallest absolute Gasteiger partial charge is 0.323 e. The number of hydrogen-bond donors (Lipinski definition) is 15. The van der Waals surface area contributed by atoms with Gasteiger partial charge in [0.25, 0.3) is 11.8 Å². The van der Waals surface area contributed by atoms with Gasteiger partial charge in [-0.3, -0.25) is 38.1 Å². The monoisotopic (exact) mass is 1850 g/mol. The fourth-order valence-electron chi connectivity index (χ4n) is 12.6. The summed E-state index contributed by atoms with van der Waals surface area (Å²) >= 11 is 0. The molecule has 10 rings (SSSR count). The number of aliphatic carboxylic acids is 2. The molecule has 0 saturated heterocycles. The van der Waals surface area contributed by atoms with Crippen molar-refractivity contribution in [2.75, 3.05) is 142 Å². The summed E-state index contributed by atoms with van der Waals surface area (Å²) in [5, 5.41) is 46.9. The van der Waals surface area contributed by atoms with Crippen LogP contribution in [-0.4, -0.2) is 269 Å². The molecule has 0 spiro atoms. The first-order valence-corrected chi connectivity index (χ1v) is 47.3. The van der Waals surface area contributed by atoms with Gasteiger partial charge in [0.15, 0.2) is 11.9 Å². The maximum Gasteiger partial charge on any atom is 0.323 e. The largest absolute Gasteiger partial charge is 0.480 e. The second-order valence-corrected chi connectivity index (χ2v) is 35.9. The summed E-state index contributed by atoms with van der Waals surface area (Å²) in [5.41, 5.74) is 10.3. The van der Waals surface area contributed by atoms with Crippen LogP contribution in [-0.2, 0) is 101 Å². The van der Waals surface area contributed by atoms with E-state index in [1.54, 1.807) is 107 Å². The average molecular weight is 1850 g/mol. The molecule has 4 heterocycles. The molecule has 4 aromatic heterocycles. The van der Waals surface area contributed by atoms with E-state index in [1.165, 1.54) is 72.8 Å². The highest BCUT2D eigenvalue weighted by Crippen LogP contribution is 2.27. The van der Waals surface area contributed by atoms with Gasteiger partial charge < -0.3 is 86.2 Å². The summed E-state index contributed by atoms with van der Waals surface area (Å²) in [7, 11) is -16.5. The molecule has 0 radical (unpaired) electrons. The van der Waals surface area contributed by atoms with E-state index in [1.807, 2.05) is 0 Å². The highest BCUT2D eigenvalue weighted by atomic mass is 32.2. The second kappa shape index (κ2) is 50.3. The Bertz CT molecular complexity index is 5680. The number of aryl methyl sites for hydroxylation is 2. The van der Waals surface area contributed by atoms with Crippen molar-refractivity contribution in [2.24, 2.45) is 5.73 Å². The second-order valence-electron chi connectivity index (χ2n) is 28.9. The van der Waals surface area contributed by atoms with Crippen LogP contribution in [0.3, 0.4) is 0 Å². The van der Waals surface area contributed by atoms with Crippen molar-refractivity contribution in [3.8, 4) is 22.3 Å². The Hall–Kier alpha value is -11.5. The number of carboxylic acids is 2. The third-order valence-corrected chi connectivity index (χ3v) is 25.4. The van der Waals surface area contributed by atoms with E-state index in [9.17, 15) is 72.7 Å². The fourth-order valence-corrected chi connectivity index (χ4v) is 17.1. The molecule has 3 unspecified atom stereocenters. The Morgan fingerprint density at radius 1 is 0.406 bits per heavy atom. The van der Waals surface area contributed by atoms with Crippen LogP contribution >= 0.6 is 0 Å². The van der Waals surface area contributed by atoms with E-state index < -0.39 is 95.1 Å². The number of nitrogens with one attached hydrogen (secondary N) is 12. The van der Waals surface area contributed by atoms with Crippen molar-refractivity contribution >= 4 is 109 Å². The minimum absolute atomic E-state index is 0.00770. The molecule has 16 N–H and O–H groups in total. The van der Waals surface area contributed by atoms with E-state index in [4.69, 9.17) is 34.2 Å². The molecular weight excluding hydrogens is 1740 g/mol. The van der Waals surface area contributed by atoms with Crippen LogP contribution in [0.25, 0.3) is 44.1 Å². The molecule has 41 nitrogen and oxygen atoms in total. The van der Waals surface area contributed by atoms with Gasteiger partial charge >= 0.3 is 11.9 Å². The highest BCUT2D eigenvalue weighted by molar-refractivity contribution is 7.90. The number of hydrogen-bond acceptors (Lipinski definition) is 27. The molecule has 0 aliphatic carbocycles. The predicted molar refractivity (Wildman–Crippen MR) is 472 cm³/mol. The first kappa shape index (κ1) is 98.6. The zero-order valence-corrected chi connectivity index (χ0v) is 73.3. The molecule has 0 saturated carbocycles. The number of ether oxygens (including phenoxy) is 6. The van der Waals surface area contributed by atoms with E-state index in [0.29, 0.717) is 150 Å². The van der Waals surface area contributed by atoms with Crippen molar-refractivity contribution in [2.45, 2.75) is 102 Å². The van der Waals surface area contributed by atoms with Crippen molar-refractivity contribution < 1.29 is 101 Å². The highest BCUT2D eigenvalue weighted by Gasteiger charge is 2.29. The number of carbonyl (C=O) groups is 6. The molecule has 10 aromatic rings. The van der Waals surface area contributed by atoms with Gasteiger partial charge in [-0.15, -0.1) is 0 Å². The zero-order chi connectivity index (χ0) is 91.2. The van der Waals surface area contributed by atoms with E-state index in [0.717, 1.165) is 23.9 Å². The molecule has 4 amide bonds. The maximum absolute atomic E-state index is 13.3. The van der Waals surface area contributed by atoms with Gasteiger partial charge in [0.05, 0.1) is 102 Å². The van der Waals surface area contributed by atoms with Crippen molar-refractivity contribution in [3.05, 3.63) is 182 Å². The van der Waals surface area contributed by atoms with Crippen LogP contribution in [0.2, 0.25) is 0 Å². The van der Waals surface area contributed by atoms with E-state index >= 15 is 0 Å². The summed E-state index contributed by atoms with van der Waals surface area (Å²) in [6.07, 6.45) is 13.5. The Labute approximate surface area is 740 Å². The van der Waals surface area contributed by atoms with E-state index in [-0.39, 0.29) is 108 Å². The number of imidazole rings is 2. The number of nitrogens with two attached hydrogens (primary N) is 1. The van der Waals surface area contributed by atoms with Gasteiger partial charge in [0, 0.05) is 145 Å². The Kier molecular flexibility index (Phi) is 38.7. The standard InChI is InChI=1S/C83H107N19O22S4/c84-71(79(106)86-32-4-42-120-46-50-124-52-48-122-44-6-34-98-126(113,114)68-19-9-60(10-20-68)62-13-23-70(24-14-62)128(117,118)100-73(81(109)110)58-94-78(105)64-16-27-75-66(54-64)56-96-102(75)40-2-30-88-83-91-37-38-92-83)25-28-76(103)85-31-3-41-119-45-49-123-51-47-121-43-5-33-97-125(111,112)67-17-7-59(8-18-67)61-11-21-69(22-12-61)127(115,116)99-72(80(107)108)57-93-77(104)63-15-26-74-65(53-63)55-95-101(74)39-1-29-87-82-89-35-36-90-82/h7-24,26-27,35-38,53-56,71-73,97-100H,1-6,25,28-34,39-52,57-58,84H2,(H,85,103)(H,86,106)(H,93,104)(H,94,105)(H,107,108)(H,109,110)(H2,87,89,90)(H2,88,91,92).